The summed E-state index contributed by atoms with van der Waals surface area (Å²) in [5, 5.41) is 3.01. The molecule has 2 heterocycles. The molecule has 1 aromatic heterocycles. The fourth-order valence-electron chi connectivity index (χ4n) is 3.61. The van der Waals surface area contributed by atoms with Gasteiger partial charge in [0.05, 0.1) is 6.20 Å². The van der Waals surface area contributed by atoms with Crippen LogP contribution in [0, 0.1) is 11.7 Å². The van der Waals surface area contributed by atoms with E-state index in [0.717, 1.165) is 55.6 Å². The minimum Gasteiger partial charge on any atom is -0.325 e. The Morgan fingerprint density at radius 1 is 1.14 bits per heavy atom. The number of likely N-dealkylation sites (tertiary alicyclic amines) is 1. The Morgan fingerprint density at radius 3 is 2.45 bits per heavy atom. The summed E-state index contributed by atoms with van der Waals surface area (Å²) in [5.41, 5.74) is 3.68. The summed E-state index contributed by atoms with van der Waals surface area (Å²) in [7, 11) is 0. The Hall–Kier alpha value is -1.70. The molecule has 160 valence electrons. The molecular formula is C23H33FIN3O. The molecule has 0 atom stereocenters. The molecule has 1 aliphatic carbocycles. The maximum atomic E-state index is 13.6. The fourth-order valence-corrected chi connectivity index (χ4v) is 3.61. The lowest BCUT2D eigenvalue weighted by molar-refractivity contribution is 0.186. The Kier molecular flexibility index (Phi) is 8.86. The molecular weight excluding hydrogens is 480 g/mol. The number of benzene rings is 1. The number of aromatic nitrogens is 1. The van der Waals surface area contributed by atoms with Crippen LogP contribution in [-0.2, 0) is 0 Å². The first-order valence-electron chi connectivity index (χ1n) is 10.4. The Bertz CT molecular complexity index is 824. The number of urea groups is 1. The van der Waals surface area contributed by atoms with E-state index in [-0.39, 0.29) is 37.3 Å². The van der Waals surface area contributed by atoms with Crippen LogP contribution in [0.4, 0.5) is 14.9 Å². The average Bonchev–Trinajstić information content (AvgIpc) is 3.55. The lowest BCUT2D eigenvalue weighted by Crippen LogP contribution is -2.40. The standard InChI is InChI=1S/C21H24FN3O.C2H6.HI.H2/c1-14-6-8-25(9-7-14)21(26)24-18-4-5-19(15-2-3-15)20(11-18)16-10-17(22)13-23-12-16;1-2;;/h4-5,10-15H,2-3,6-9H2,1H3,(H,24,26);1-2H3;2*1H. The number of rotatable bonds is 3. The van der Waals surface area contributed by atoms with Crippen molar-refractivity contribution in [3.63, 3.8) is 0 Å². The Balaban J connectivity index is 0.00000109. The van der Waals surface area contributed by atoms with E-state index in [9.17, 15) is 9.18 Å². The number of anilines is 1. The number of hydrogen-bond acceptors (Lipinski definition) is 2. The van der Waals surface area contributed by atoms with Crippen molar-refractivity contribution >= 4 is 35.7 Å². The number of halogens is 2. The summed E-state index contributed by atoms with van der Waals surface area (Å²) < 4.78 is 13.6. The van der Waals surface area contributed by atoms with E-state index in [2.05, 4.69) is 23.3 Å². The number of pyridine rings is 1. The quantitative estimate of drug-likeness (QED) is 0.453. The van der Waals surface area contributed by atoms with Gasteiger partial charge in [-0.25, -0.2) is 9.18 Å². The highest BCUT2D eigenvalue weighted by molar-refractivity contribution is 14.0. The molecule has 2 amide bonds. The minimum atomic E-state index is -0.346. The molecule has 1 saturated carbocycles. The zero-order valence-corrected chi connectivity index (χ0v) is 19.8. The predicted octanol–water partition coefficient (Wildman–Crippen LogP) is 6.92. The highest BCUT2D eigenvalue weighted by Crippen LogP contribution is 2.45. The monoisotopic (exact) mass is 513 g/mol. The van der Waals surface area contributed by atoms with Crippen molar-refractivity contribution in [2.75, 3.05) is 18.4 Å². The van der Waals surface area contributed by atoms with Crippen molar-refractivity contribution in [1.29, 1.82) is 0 Å². The molecule has 6 heteroatoms. The van der Waals surface area contributed by atoms with E-state index >= 15 is 0 Å². The summed E-state index contributed by atoms with van der Waals surface area (Å²) >= 11 is 0. The fraction of sp³-hybridized carbons (Fsp3) is 0.478. The van der Waals surface area contributed by atoms with Gasteiger partial charge in [0.15, 0.2) is 0 Å². The van der Waals surface area contributed by atoms with Crippen LogP contribution in [-0.4, -0.2) is 29.0 Å². The van der Waals surface area contributed by atoms with Crippen LogP contribution < -0.4 is 5.32 Å². The van der Waals surface area contributed by atoms with Crippen molar-refractivity contribution < 1.29 is 10.6 Å². The zero-order chi connectivity index (χ0) is 20.1. The lowest BCUT2D eigenvalue weighted by atomic mass is 9.97. The topological polar surface area (TPSA) is 45.2 Å². The van der Waals surface area contributed by atoms with Gasteiger partial charge in [0, 0.05) is 32.0 Å². The van der Waals surface area contributed by atoms with Crippen molar-refractivity contribution in [2.45, 2.75) is 52.4 Å². The van der Waals surface area contributed by atoms with Crippen LogP contribution in [0.1, 0.15) is 59.4 Å². The minimum absolute atomic E-state index is 0. The smallest absolute Gasteiger partial charge is 0.321 e. The first kappa shape index (κ1) is 23.6. The molecule has 0 spiro atoms. The molecule has 1 N–H and O–H groups in total. The third-order valence-corrected chi connectivity index (χ3v) is 5.41. The van der Waals surface area contributed by atoms with Crippen molar-refractivity contribution in [2.24, 2.45) is 5.92 Å². The van der Waals surface area contributed by atoms with Crippen LogP contribution in [0.15, 0.2) is 36.7 Å². The van der Waals surface area contributed by atoms with Gasteiger partial charge in [-0.2, -0.15) is 0 Å². The summed E-state index contributed by atoms with van der Waals surface area (Å²) in [6, 6.07) is 7.42. The summed E-state index contributed by atoms with van der Waals surface area (Å²) in [6.45, 7) is 7.83. The van der Waals surface area contributed by atoms with Crippen LogP contribution >= 0.6 is 24.0 Å². The number of piperidine rings is 1. The highest BCUT2D eigenvalue weighted by atomic mass is 127. The number of carbonyl (C=O) groups is 1. The average molecular weight is 513 g/mol. The Labute approximate surface area is 191 Å². The molecule has 1 saturated heterocycles. The maximum absolute atomic E-state index is 13.6. The van der Waals surface area contributed by atoms with Crippen LogP contribution in [0.5, 0.6) is 0 Å². The van der Waals surface area contributed by atoms with Gasteiger partial charge in [0.2, 0.25) is 0 Å². The second kappa shape index (κ2) is 10.9. The number of carbonyl (C=O) groups excluding carboxylic acids is 1. The third-order valence-electron chi connectivity index (χ3n) is 5.41. The van der Waals surface area contributed by atoms with Gasteiger partial charge in [-0.3, -0.25) is 4.98 Å². The molecule has 0 unspecified atom stereocenters. The normalized spacial score (nSPS) is 16.3. The molecule has 1 aliphatic heterocycles. The van der Waals surface area contributed by atoms with Gasteiger partial charge in [0.1, 0.15) is 5.82 Å². The molecule has 29 heavy (non-hydrogen) atoms. The summed E-state index contributed by atoms with van der Waals surface area (Å²) in [4.78, 5) is 18.4. The van der Waals surface area contributed by atoms with Gasteiger partial charge in [0.25, 0.3) is 0 Å². The number of nitrogens with zero attached hydrogens (tertiary/aromatic N) is 2. The molecule has 2 aromatic rings. The molecule has 0 bridgehead atoms. The maximum Gasteiger partial charge on any atom is 0.321 e. The molecule has 4 nitrogen and oxygen atoms in total. The molecule has 0 radical (unpaired) electrons. The van der Waals surface area contributed by atoms with Gasteiger partial charge in [-0.05, 0) is 66.8 Å². The highest BCUT2D eigenvalue weighted by Gasteiger charge is 2.27. The molecule has 1 aromatic carbocycles. The number of amides is 2. The van der Waals surface area contributed by atoms with Crippen molar-refractivity contribution in [1.82, 2.24) is 9.88 Å². The van der Waals surface area contributed by atoms with Gasteiger partial charge < -0.3 is 10.2 Å². The van der Waals surface area contributed by atoms with E-state index in [4.69, 9.17) is 0 Å². The largest absolute Gasteiger partial charge is 0.325 e. The second-order valence-electron chi connectivity index (χ2n) is 7.57. The SMILES string of the molecule is CC.CC1CCN(C(=O)Nc2ccc(C3CC3)c(-c3cncc(F)c3)c2)CC1.I.[HH]. The number of nitrogens with one attached hydrogen (secondary N) is 1. The van der Waals surface area contributed by atoms with Gasteiger partial charge in [-0.15, -0.1) is 24.0 Å². The summed E-state index contributed by atoms with van der Waals surface area (Å²) in [6.07, 6.45) is 7.31. The number of hydrogen-bond donors (Lipinski definition) is 1. The van der Waals surface area contributed by atoms with E-state index in [1.807, 2.05) is 30.9 Å². The van der Waals surface area contributed by atoms with E-state index in [1.54, 1.807) is 6.20 Å². The van der Waals surface area contributed by atoms with E-state index in [1.165, 1.54) is 17.8 Å². The van der Waals surface area contributed by atoms with Crippen molar-refractivity contribution in [3.05, 3.63) is 48.0 Å². The lowest BCUT2D eigenvalue weighted by Gasteiger charge is -2.30. The predicted molar refractivity (Wildman–Crippen MR) is 129 cm³/mol. The van der Waals surface area contributed by atoms with E-state index in [0.29, 0.717) is 11.8 Å². The van der Waals surface area contributed by atoms with Gasteiger partial charge in [-0.1, -0.05) is 26.8 Å². The first-order chi connectivity index (χ1) is 13.6. The zero-order valence-electron chi connectivity index (χ0n) is 17.5. The molecule has 2 aliphatic rings. The molecule has 2 fully saturated rings. The van der Waals surface area contributed by atoms with Gasteiger partial charge >= 0.3 is 6.03 Å². The second-order valence-corrected chi connectivity index (χ2v) is 7.57. The van der Waals surface area contributed by atoms with Crippen LogP contribution in [0.2, 0.25) is 0 Å². The first-order valence-corrected chi connectivity index (χ1v) is 10.4. The van der Waals surface area contributed by atoms with Crippen LogP contribution in [0.25, 0.3) is 11.1 Å². The summed E-state index contributed by atoms with van der Waals surface area (Å²) in [5.74, 6) is 0.867. The third kappa shape index (κ3) is 6.14. The van der Waals surface area contributed by atoms with Crippen molar-refractivity contribution in [3.8, 4) is 11.1 Å². The van der Waals surface area contributed by atoms with E-state index < -0.39 is 0 Å². The Morgan fingerprint density at radius 2 is 1.83 bits per heavy atom. The molecule has 4 rings (SSSR count). The van der Waals surface area contributed by atoms with Crippen LogP contribution in [0.3, 0.4) is 0 Å².